The molecule has 0 heterocycles. The van der Waals surface area contributed by atoms with E-state index in [9.17, 15) is 22.0 Å². The van der Waals surface area contributed by atoms with Gasteiger partial charge in [0.05, 0.1) is 0 Å². The van der Waals surface area contributed by atoms with Crippen LogP contribution in [0.2, 0.25) is 0 Å². The van der Waals surface area contributed by atoms with Crippen LogP contribution in [0.25, 0.3) is 0 Å². The summed E-state index contributed by atoms with van der Waals surface area (Å²) in [5.41, 5.74) is -3.87. The van der Waals surface area contributed by atoms with Crippen LogP contribution < -0.4 is 21.2 Å². The van der Waals surface area contributed by atoms with Crippen molar-refractivity contribution in [2.75, 3.05) is 0 Å². The van der Waals surface area contributed by atoms with E-state index in [0.717, 1.165) is 11.1 Å². The van der Waals surface area contributed by atoms with E-state index in [1.165, 1.54) is 12.1 Å². The van der Waals surface area contributed by atoms with Crippen molar-refractivity contribution in [2.24, 2.45) is 0 Å². The Morgan fingerprint density at radius 3 is 1.44 bits per heavy atom. The Morgan fingerprint density at radius 2 is 1.20 bits per heavy atom. The minimum Gasteiger partial charge on any atom is -0.741 e. The van der Waals surface area contributed by atoms with Gasteiger partial charge in [0.1, 0.15) is 0 Å². The van der Waals surface area contributed by atoms with Gasteiger partial charge >= 0.3 is 26.7 Å². The number of halogens is 6. The SMILES string of the molecule is Cc1ccc([I+]c2ccc(C)cc2F)c(F)c1.O=S(=O)([O-])C(F)(F)F. The highest BCUT2D eigenvalue weighted by Crippen LogP contribution is 2.20. The Hall–Kier alpha value is -1.27. The summed E-state index contributed by atoms with van der Waals surface area (Å²) in [6.07, 6.45) is 0. The molecule has 0 aliphatic carbocycles. The van der Waals surface area contributed by atoms with Gasteiger partial charge in [-0.05, 0) is 49.2 Å². The largest absolute Gasteiger partial charge is 0.741 e. The normalized spacial score (nSPS) is 11.7. The van der Waals surface area contributed by atoms with Gasteiger partial charge < -0.3 is 4.55 Å². The van der Waals surface area contributed by atoms with Crippen molar-refractivity contribution in [1.29, 1.82) is 0 Å². The van der Waals surface area contributed by atoms with Crippen LogP contribution in [0.5, 0.6) is 0 Å². The molecule has 0 saturated heterocycles. The van der Waals surface area contributed by atoms with E-state index in [2.05, 4.69) is 0 Å². The van der Waals surface area contributed by atoms with Gasteiger partial charge in [-0.25, -0.2) is 17.2 Å². The molecule has 0 radical (unpaired) electrons. The molecule has 0 aliphatic heterocycles. The second-order valence-electron chi connectivity index (χ2n) is 4.83. The first-order valence-electron chi connectivity index (χ1n) is 6.50. The molecule has 0 unspecified atom stereocenters. The maximum atomic E-state index is 13.7. The Labute approximate surface area is 151 Å². The van der Waals surface area contributed by atoms with Crippen molar-refractivity contribution in [3.8, 4) is 0 Å². The maximum absolute atomic E-state index is 13.7. The summed E-state index contributed by atoms with van der Waals surface area (Å²) >= 11 is -0.790. The lowest BCUT2D eigenvalue weighted by Crippen LogP contribution is -3.62. The van der Waals surface area contributed by atoms with Gasteiger partial charge in [0.25, 0.3) is 0 Å². The van der Waals surface area contributed by atoms with Crippen LogP contribution in [0, 0.1) is 32.6 Å². The average Bonchev–Trinajstić information content (AvgIpc) is 2.43. The molecule has 0 bridgehead atoms. The van der Waals surface area contributed by atoms with Crippen LogP contribution in [0.1, 0.15) is 11.1 Å². The predicted octanol–water partition coefficient (Wildman–Crippen LogP) is 0.761. The third-order valence-electron chi connectivity index (χ3n) is 2.64. The van der Waals surface area contributed by atoms with Crippen molar-refractivity contribution >= 4 is 10.1 Å². The molecule has 2 aromatic rings. The lowest BCUT2D eigenvalue weighted by Gasteiger charge is -2.08. The van der Waals surface area contributed by atoms with Gasteiger partial charge in [0.2, 0.25) is 7.14 Å². The molecule has 0 aliphatic rings. The fourth-order valence-corrected chi connectivity index (χ4v) is 3.64. The standard InChI is InChI=1S/C14H12F2I.CHF3O3S/c1-9-3-5-13(11(15)7-9)17-14-6-4-10(2)8-12(14)16;2-1(3,4)8(5,6)7/h3-8H,1-2H3;(H,5,6,7)/q+1;/p-1. The predicted molar refractivity (Wildman–Crippen MR) is 75.4 cm³/mol. The van der Waals surface area contributed by atoms with E-state index in [4.69, 9.17) is 13.0 Å². The van der Waals surface area contributed by atoms with E-state index in [0.29, 0.717) is 7.14 Å². The van der Waals surface area contributed by atoms with Crippen LogP contribution in [0.3, 0.4) is 0 Å². The second-order valence-corrected chi connectivity index (χ2v) is 9.06. The first kappa shape index (κ1) is 21.8. The molecule has 0 spiro atoms. The lowest BCUT2D eigenvalue weighted by molar-refractivity contribution is -0.603. The fraction of sp³-hybridized carbons (Fsp3) is 0.200. The molecule has 2 aromatic carbocycles. The quantitative estimate of drug-likeness (QED) is 0.268. The van der Waals surface area contributed by atoms with Gasteiger partial charge in [-0.2, -0.15) is 13.2 Å². The number of aryl methyl sites for hydroxylation is 2. The Kier molecular flexibility index (Phi) is 7.32. The topological polar surface area (TPSA) is 57.2 Å². The van der Waals surface area contributed by atoms with Crippen molar-refractivity contribution in [3.05, 3.63) is 66.3 Å². The molecule has 2 rings (SSSR count). The van der Waals surface area contributed by atoms with E-state index in [-0.39, 0.29) is 11.6 Å². The van der Waals surface area contributed by atoms with E-state index >= 15 is 0 Å². The van der Waals surface area contributed by atoms with E-state index in [1.807, 2.05) is 26.0 Å². The molecule has 0 aromatic heterocycles. The number of alkyl halides is 3. The molecular formula is C15H12F5IO3S. The zero-order valence-corrected chi connectivity index (χ0v) is 15.8. The van der Waals surface area contributed by atoms with E-state index in [1.54, 1.807) is 12.1 Å². The first-order chi connectivity index (χ1) is 11.3. The van der Waals surface area contributed by atoms with Crippen molar-refractivity contribution in [3.63, 3.8) is 0 Å². The van der Waals surface area contributed by atoms with Crippen molar-refractivity contribution in [1.82, 2.24) is 0 Å². The fourth-order valence-electron chi connectivity index (χ4n) is 1.47. The molecule has 0 fully saturated rings. The monoisotopic (exact) mass is 494 g/mol. The summed E-state index contributed by atoms with van der Waals surface area (Å²) in [5.74, 6) is -0.449. The Morgan fingerprint density at radius 1 is 0.880 bits per heavy atom. The second kappa shape index (κ2) is 8.41. The van der Waals surface area contributed by atoms with Crippen LogP contribution in [0.15, 0.2) is 36.4 Å². The summed E-state index contributed by atoms with van der Waals surface area (Å²) in [6.45, 7) is 3.69. The van der Waals surface area contributed by atoms with Crippen molar-refractivity contribution in [2.45, 2.75) is 19.4 Å². The lowest BCUT2D eigenvalue weighted by atomic mass is 10.2. The minimum atomic E-state index is -6.09. The Bertz CT molecular complexity index is 801. The molecule has 138 valence electrons. The summed E-state index contributed by atoms with van der Waals surface area (Å²) < 4.78 is 87.5. The van der Waals surface area contributed by atoms with Gasteiger partial charge in [0.15, 0.2) is 21.8 Å². The van der Waals surface area contributed by atoms with Gasteiger partial charge in [-0.3, -0.25) is 0 Å². The highest BCUT2D eigenvalue weighted by Gasteiger charge is 2.36. The number of hydrogen-bond acceptors (Lipinski definition) is 3. The van der Waals surface area contributed by atoms with Gasteiger partial charge in [-0.1, -0.05) is 12.1 Å². The van der Waals surface area contributed by atoms with Crippen LogP contribution in [-0.2, 0) is 10.1 Å². The summed E-state index contributed by atoms with van der Waals surface area (Å²) in [7, 11) is -6.09. The first-order valence-corrected chi connectivity index (χ1v) is 10.1. The highest BCUT2D eigenvalue weighted by atomic mass is 127. The number of benzene rings is 2. The average molecular weight is 494 g/mol. The molecule has 0 amide bonds. The molecule has 0 saturated carbocycles. The number of hydrogen-bond donors (Lipinski definition) is 0. The third-order valence-corrected chi connectivity index (χ3v) is 6.12. The molecule has 10 heteroatoms. The van der Waals surface area contributed by atoms with Crippen LogP contribution in [-0.4, -0.2) is 18.5 Å². The number of rotatable bonds is 2. The summed E-state index contributed by atoms with van der Waals surface area (Å²) in [5, 5.41) is 0. The van der Waals surface area contributed by atoms with Gasteiger partial charge in [-0.15, -0.1) is 0 Å². The zero-order chi connectivity index (χ0) is 19.4. The van der Waals surface area contributed by atoms with Crippen molar-refractivity contribution < 1.29 is 56.1 Å². The molecule has 0 atom stereocenters. The van der Waals surface area contributed by atoms with Gasteiger partial charge in [0, 0.05) is 0 Å². The highest BCUT2D eigenvalue weighted by molar-refractivity contribution is 7.86. The zero-order valence-electron chi connectivity index (χ0n) is 12.9. The summed E-state index contributed by atoms with van der Waals surface area (Å²) in [4.78, 5) is 0. The summed E-state index contributed by atoms with van der Waals surface area (Å²) in [6, 6.07) is 10.3. The van der Waals surface area contributed by atoms with Crippen LogP contribution >= 0.6 is 0 Å². The molecule has 0 N–H and O–H groups in total. The molecule has 3 nitrogen and oxygen atoms in total. The molecule has 25 heavy (non-hydrogen) atoms. The maximum Gasteiger partial charge on any atom is 0.485 e. The smallest absolute Gasteiger partial charge is 0.485 e. The molecular weight excluding hydrogens is 482 g/mol. The van der Waals surface area contributed by atoms with E-state index < -0.39 is 36.8 Å². The Balaban J connectivity index is 0.000000333. The minimum absolute atomic E-state index is 0.224. The van der Waals surface area contributed by atoms with Crippen LogP contribution in [0.4, 0.5) is 22.0 Å². The third kappa shape index (κ3) is 6.86.